The normalized spacial score (nSPS) is 20.1. The van der Waals surface area contributed by atoms with Crippen LogP contribution in [-0.4, -0.2) is 79.2 Å². The van der Waals surface area contributed by atoms with Crippen molar-refractivity contribution in [2.45, 2.75) is 44.3 Å². The molecular formula is C34H35ClFN7O2. The maximum Gasteiger partial charge on any atom is 0.282 e. The van der Waals surface area contributed by atoms with E-state index in [0.717, 1.165) is 47.0 Å². The van der Waals surface area contributed by atoms with E-state index in [9.17, 15) is 19.7 Å². The summed E-state index contributed by atoms with van der Waals surface area (Å²) in [5, 5.41) is 22.7. The Labute approximate surface area is 267 Å². The summed E-state index contributed by atoms with van der Waals surface area (Å²) in [6.07, 6.45) is 2.76. The number of hydrogen-bond acceptors (Lipinski definition) is 8. The highest BCUT2D eigenvalue weighted by atomic mass is 35.5. The van der Waals surface area contributed by atoms with Gasteiger partial charge in [0, 0.05) is 61.0 Å². The molecule has 2 atom stereocenters. The second-order valence-corrected chi connectivity index (χ2v) is 12.3. The number of likely N-dealkylation sites (tertiary alicyclic amines) is 1. The smallest absolute Gasteiger partial charge is 0.282 e. The first kappa shape index (κ1) is 30.6. The zero-order valence-corrected chi connectivity index (χ0v) is 26.1. The molecule has 0 saturated carbocycles. The lowest BCUT2D eigenvalue weighted by Gasteiger charge is -2.42. The van der Waals surface area contributed by atoms with Gasteiger partial charge in [0.1, 0.15) is 24.1 Å². The highest BCUT2D eigenvalue weighted by Gasteiger charge is 2.36. The van der Waals surface area contributed by atoms with Crippen LogP contribution < -0.4 is 14.5 Å². The fourth-order valence-electron chi connectivity index (χ4n) is 6.93. The first-order valence-corrected chi connectivity index (χ1v) is 15.7. The number of likely N-dealkylation sites (N-methyl/N-ethyl adjacent to an activating group) is 1. The number of anilines is 2. The van der Waals surface area contributed by atoms with Crippen molar-refractivity contribution in [1.82, 2.24) is 14.8 Å². The van der Waals surface area contributed by atoms with Crippen LogP contribution >= 0.6 is 11.6 Å². The molecule has 2 saturated heterocycles. The monoisotopic (exact) mass is 627 g/mol. The molecule has 2 aromatic carbocycles. The molecule has 0 radical (unpaired) electrons. The highest BCUT2D eigenvalue weighted by Crippen LogP contribution is 2.40. The number of halogens is 2. The molecule has 11 heteroatoms. The summed E-state index contributed by atoms with van der Waals surface area (Å²) in [5.74, 6) is -0.861. The Kier molecular flexibility index (Phi) is 8.80. The van der Waals surface area contributed by atoms with Gasteiger partial charge in [-0.25, -0.2) is 4.39 Å². The van der Waals surface area contributed by atoms with Crippen LogP contribution in [0, 0.1) is 22.7 Å². The standard InChI is InChI=1S/C34H35ClFN7O2/c1-22(36)34(44)43-17-16-42(19-24(43)11-13-37)32-26-12-15-41(30-10-4-7-23-6-3-9-29(35)31(23)30)20-28(26)27(18-38)33(39-32)45-21-25-8-5-14-40(25)2/h3-4,6-7,9-10,24-25H,1,5,8,11-12,14-17,19-21H2,2H3/t24-,25-/m0/s1. The van der Waals surface area contributed by atoms with Crippen molar-refractivity contribution in [2.75, 3.05) is 56.2 Å². The summed E-state index contributed by atoms with van der Waals surface area (Å²) >= 11 is 6.70. The van der Waals surface area contributed by atoms with Gasteiger partial charge in [-0.2, -0.15) is 15.5 Å². The summed E-state index contributed by atoms with van der Waals surface area (Å²) in [5.41, 5.74) is 3.21. The number of hydrogen-bond donors (Lipinski definition) is 0. The molecule has 3 aromatic rings. The van der Waals surface area contributed by atoms with Gasteiger partial charge in [0.25, 0.3) is 5.91 Å². The summed E-state index contributed by atoms with van der Waals surface area (Å²) < 4.78 is 20.2. The Morgan fingerprint density at radius 3 is 2.62 bits per heavy atom. The van der Waals surface area contributed by atoms with E-state index in [4.69, 9.17) is 21.3 Å². The Hall–Kier alpha value is -4.38. The van der Waals surface area contributed by atoms with Gasteiger partial charge in [0.05, 0.1) is 23.6 Å². The lowest BCUT2D eigenvalue weighted by Crippen LogP contribution is -2.55. The van der Waals surface area contributed by atoms with E-state index in [1.165, 1.54) is 4.90 Å². The van der Waals surface area contributed by atoms with Crippen LogP contribution in [0.25, 0.3) is 10.8 Å². The minimum atomic E-state index is -1.04. The Bertz CT molecular complexity index is 1730. The van der Waals surface area contributed by atoms with Crippen molar-refractivity contribution in [3.8, 4) is 18.0 Å². The van der Waals surface area contributed by atoms with Crippen LogP contribution in [0.15, 0.2) is 48.8 Å². The van der Waals surface area contributed by atoms with Gasteiger partial charge in [-0.05, 0) is 50.4 Å². The topological polar surface area (TPSA) is 99.7 Å². The molecular weight excluding hydrogens is 593 g/mol. The second-order valence-electron chi connectivity index (χ2n) is 11.9. The van der Waals surface area contributed by atoms with Crippen molar-refractivity contribution < 1.29 is 13.9 Å². The minimum absolute atomic E-state index is 0.0426. The molecule has 1 aromatic heterocycles. The molecule has 45 heavy (non-hydrogen) atoms. The van der Waals surface area contributed by atoms with Crippen molar-refractivity contribution in [2.24, 2.45) is 0 Å². The molecule has 0 unspecified atom stereocenters. The van der Waals surface area contributed by atoms with E-state index in [-0.39, 0.29) is 24.9 Å². The molecule has 3 aliphatic rings. The molecule has 1 amide bonds. The van der Waals surface area contributed by atoms with E-state index in [1.54, 1.807) is 0 Å². The number of piperazine rings is 1. The highest BCUT2D eigenvalue weighted by molar-refractivity contribution is 6.36. The quantitative estimate of drug-likeness (QED) is 0.329. The maximum atomic E-state index is 13.9. The zero-order chi connectivity index (χ0) is 31.7. The second kappa shape index (κ2) is 12.9. The van der Waals surface area contributed by atoms with E-state index in [2.05, 4.69) is 41.6 Å². The van der Waals surface area contributed by atoms with E-state index < -0.39 is 17.8 Å². The Morgan fingerprint density at radius 2 is 1.91 bits per heavy atom. The van der Waals surface area contributed by atoms with Crippen LogP contribution in [0.3, 0.4) is 0 Å². The fraction of sp³-hybridized carbons (Fsp3) is 0.412. The number of nitriles is 2. The third-order valence-electron chi connectivity index (χ3n) is 9.31. The van der Waals surface area contributed by atoms with Crippen molar-refractivity contribution in [3.05, 3.63) is 70.5 Å². The van der Waals surface area contributed by atoms with Crippen molar-refractivity contribution >= 4 is 39.8 Å². The number of nitrogens with zero attached hydrogens (tertiary/aromatic N) is 7. The maximum absolute atomic E-state index is 13.9. The lowest BCUT2D eigenvalue weighted by atomic mass is 9.94. The summed E-state index contributed by atoms with van der Waals surface area (Å²) in [6.45, 7) is 6.62. The largest absolute Gasteiger partial charge is 0.475 e. The lowest BCUT2D eigenvalue weighted by molar-refractivity contribution is -0.131. The number of carbonyl (C=O) groups excluding carboxylic acids is 1. The summed E-state index contributed by atoms with van der Waals surface area (Å²) in [4.78, 5) is 25.5. The molecule has 0 spiro atoms. The van der Waals surface area contributed by atoms with Crippen LogP contribution in [0.5, 0.6) is 5.88 Å². The predicted molar refractivity (Wildman–Crippen MR) is 172 cm³/mol. The molecule has 0 bridgehead atoms. The molecule has 4 heterocycles. The molecule has 6 rings (SSSR count). The number of fused-ring (bicyclic) bond motifs is 2. The third-order valence-corrected chi connectivity index (χ3v) is 9.62. The zero-order valence-electron chi connectivity index (χ0n) is 25.3. The average molecular weight is 628 g/mol. The summed E-state index contributed by atoms with van der Waals surface area (Å²) in [7, 11) is 2.08. The van der Waals surface area contributed by atoms with Gasteiger partial charge >= 0.3 is 0 Å². The van der Waals surface area contributed by atoms with Gasteiger partial charge in [0.2, 0.25) is 5.88 Å². The van der Waals surface area contributed by atoms with Gasteiger partial charge in [0.15, 0.2) is 5.83 Å². The number of aromatic nitrogens is 1. The number of pyridine rings is 1. The number of benzene rings is 2. The van der Waals surface area contributed by atoms with Gasteiger partial charge in [-0.1, -0.05) is 42.4 Å². The van der Waals surface area contributed by atoms with Crippen LogP contribution in [0.1, 0.15) is 36.0 Å². The number of carbonyl (C=O) groups is 1. The van der Waals surface area contributed by atoms with Crippen LogP contribution in [-0.2, 0) is 17.8 Å². The average Bonchev–Trinajstić information content (AvgIpc) is 3.46. The van der Waals surface area contributed by atoms with E-state index in [1.807, 2.05) is 35.2 Å². The van der Waals surface area contributed by atoms with Gasteiger partial charge in [-0.3, -0.25) is 4.79 Å². The Balaban J connectivity index is 1.40. The Morgan fingerprint density at radius 1 is 1.11 bits per heavy atom. The van der Waals surface area contributed by atoms with Crippen molar-refractivity contribution in [3.63, 3.8) is 0 Å². The minimum Gasteiger partial charge on any atom is -0.475 e. The molecule has 9 nitrogen and oxygen atoms in total. The number of ether oxygens (including phenoxy) is 1. The third kappa shape index (κ3) is 5.88. The van der Waals surface area contributed by atoms with Crippen LogP contribution in [0.2, 0.25) is 5.02 Å². The molecule has 0 aliphatic carbocycles. The molecule has 0 N–H and O–H groups in total. The van der Waals surface area contributed by atoms with Gasteiger partial charge in [-0.15, -0.1) is 0 Å². The SMILES string of the molecule is C=C(F)C(=O)N1CCN(c2nc(OC[C@@H]3CCCN3C)c(C#N)c3c2CCN(c2cccc4cccc(Cl)c24)C3)C[C@@H]1CC#N. The first-order chi connectivity index (χ1) is 21.8. The molecule has 3 aliphatic heterocycles. The predicted octanol–water partition coefficient (Wildman–Crippen LogP) is 5.21. The van der Waals surface area contributed by atoms with Gasteiger partial charge < -0.3 is 24.3 Å². The molecule has 2 fully saturated rings. The van der Waals surface area contributed by atoms with E-state index >= 15 is 0 Å². The van der Waals surface area contributed by atoms with Crippen molar-refractivity contribution in [1.29, 1.82) is 10.5 Å². The summed E-state index contributed by atoms with van der Waals surface area (Å²) in [6, 6.07) is 16.2. The number of amides is 1. The van der Waals surface area contributed by atoms with E-state index in [0.29, 0.717) is 55.6 Å². The van der Waals surface area contributed by atoms with Crippen LogP contribution in [0.4, 0.5) is 15.9 Å². The number of rotatable bonds is 7. The fourth-order valence-corrected chi connectivity index (χ4v) is 7.21. The molecule has 232 valence electrons. The first-order valence-electron chi connectivity index (χ1n) is 15.3.